The van der Waals surface area contributed by atoms with Crippen molar-refractivity contribution in [2.75, 3.05) is 0 Å². The molecular formula is C23H50O5Si3. The highest BCUT2D eigenvalue weighted by Gasteiger charge is 2.44. The van der Waals surface area contributed by atoms with Gasteiger partial charge in [-0.15, -0.1) is 0 Å². The Balaban J connectivity index is 5.59. The van der Waals surface area contributed by atoms with Gasteiger partial charge in [0.15, 0.2) is 8.32 Å². The molecule has 0 aromatic carbocycles. The van der Waals surface area contributed by atoms with Crippen molar-refractivity contribution in [2.24, 2.45) is 0 Å². The molecule has 0 rings (SSSR count). The summed E-state index contributed by atoms with van der Waals surface area (Å²) in [6.45, 7) is 31.6. The quantitative estimate of drug-likeness (QED) is 0.335. The molecule has 0 atom stereocenters. The van der Waals surface area contributed by atoms with Crippen LogP contribution in [0.3, 0.4) is 0 Å². The zero-order valence-corrected chi connectivity index (χ0v) is 26.0. The molecule has 0 aromatic rings. The van der Waals surface area contributed by atoms with E-state index in [9.17, 15) is 9.59 Å². The molecule has 0 aliphatic carbocycles. The fourth-order valence-electron chi connectivity index (χ4n) is 2.08. The molecule has 31 heavy (non-hydrogen) atoms. The SMILES string of the molecule is CC(C)(C)[Si](C)(C)OC(=O)CC(CC(=O)O[Si](C)(C)C(C)(C)C)O[Si](C)(C)C(C)(C)C. The summed E-state index contributed by atoms with van der Waals surface area (Å²) in [4.78, 5) is 25.8. The van der Waals surface area contributed by atoms with Gasteiger partial charge in [-0.1, -0.05) is 62.3 Å². The Morgan fingerprint density at radius 2 is 0.839 bits per heavy atom. The largest absolute Gasteiger partial charge is 0.519 e. The summed E-state index contributed by atoms with van der Waals surface area (Å²) in [7, 11) is -6.66. The maximum absolute atomic E-state index is 12.9. The van der Waals surface area contributed by atoms with E-state index < -0.39 is 31.1 Å². The molecule has 8 heteroatoms. The second-order valence-corrected chi connectivity index (χ2v) is 27.6. The number of rotatable bonds is 8. The van der Waals surface area contributed by atoms with Gasteiger partial charge >= 0.3 is 0 Å². The highest BCUT2D eigenvalue weighted by atomic mass is 28.4. The average Bonchev–Trinajstić information content (AvgIpc) is 2.40. The van der Waals surface area contributed by atoms with Crippen LogP contribution in [0.4, 0.5) is 0 Å². The lowest BCUT2D eigenvalue weighted by Gasteiger charge is -2.40. The Kier molecular flexibility index (Phi) is 9.67. The number of hydrogen-bond donors (Lipinski definition) is 0. The van der Waals surface area contributed by atoms with Gasteiger partial charge in [-0.3, -0.25) is 9.59 Å². The van der Waals surface area contributed by atoms with Crippen molar-refractivity contribution in [2.45, 2.75) is 136 Å². The Bertz CT molecular complexity index is 593. The minimum atomic E-state index is -2.24. The first kappa shape index (κ1) is 30.6. The standard InChI is InChI=1S/C23H50O5Si3/c1-21(2,3)29(10,11)26-18(16-19(24)27-30(12,13)22(4,5)6)17-20(25)28-31(14,15)23(7,8)9/h18H,16-17H2,1-15H3. The van der Waals surface area contributed by atoms with Gasteiger partial charge in [0.05, 0.1) is 18.9 Å². The molecule has 184 valence electrons. The van der Waals surface area contributed by atoms with Crippen LogP contribution < -0.4 is 0 Å². The summed E-state index contributed by atoms with van der Waals surface area (Å²) in [5.41, 5.74) is 0. The van der Waals surface area contributed by atoms with Crippen LogP contribution in [0, 0.1) is 0 Å². The molecule has 0 aliphatic rings. The van der Waals surface area contributed by atoms with E-state index in [1.54, 1.807) is 0 Å². The summed E-state index contributed by atoms with van der Waals surface area (Å²) >= 11 is 0. The highest BCUT2D eigenvalue weighted by molar-refractivity contribution is 6.76. The van der Waals surface area contributed by atoms with Gasteiger partial charge in [0.1, 0.15) is 0 Å². The van der Waals surface area contributed by atoms with Crippen LogP contribution in [0.5, 0.6) is 0 Å². The summed E-state index contributed by atoms with van der Waals surface area (Å²) in [6.07, 6.45) is -0.382. The molecule has 0 amide bonds. The first-order chi connectivity index (χ1) is 13.3. The van der Waals surface area contributed by atoms with Gasteiger partial charge in [-0.05, 0) is 54.4 Å². The molecular weight excluding hydrogens is 441 g/mol. The third-order valence-electron chi connectivity index (χ3n) is 7.41. The van der Waals surface area contributed by atoms with Crippen molar-refractivity contribution >= 4 is 36.9 Å². The fraction of sp³-hybridized carbons (Fsp3) is 0.913. The predicted octanol–water partition coefficient (Wildman–Crippen LogP) is 7.25. The number of carbonyl (C=O) groups excluding carboxylic acids is 2. The Morgan fingerprint density at radius 1 is 0.581 bits per heavy atom. The summed E-state index contributed by atoms with van der Waals surface area (Å²) in [6, 6.07) is 0. The minimum absolute atomic E-state index is 0.0298. The smallest absolute Gasteiger partial charge is 0.295 e. The van der Waals surface area contributed by atoms with Gasteiger partial charge in [0.2, 0.25) is 0 Å². The topological polar surface area (TPSA) is 61.8 Å². The number of carbonyl (C=O) groups is 2. The van der Waals surface area contributed by atoms with Crippen LogP contribution in [0.2, 0.25) is 54.4 Å². The van der Waals surface area contributed by atoms with Crippen molar-refractivity contribution in [1.82, 2.24) is 0 Å². The van der Waals surface area contributed by atoms with Crippen molar-refractivity contribution in [3.8, 4) is 0 Å². The Morgan fingerprint density at radius 3 is 1.06 bits per heavy atom. The lowest BCUT2D eigenvalue weighted by atomic mass is 10.2. The second kappa shape index (κ2) is 9.81. The molecule has 0 bridgehead atoms. The number of hydrogen-bond acceptors (Lipinski definition) is 5. The molecule has 0 saturated carbocycles. The molecule has 5 nitrogen and oxygen atoms in total. The van der Waals surface area contributed by atoms with E-state index in [1.807, 2.05) is 0 Å². The van der Waals surface area contributed by atoms with Crippen LogP contribution in [-0.2, 0) is 22.9 Å². The van der Waals surface area contributed by atoms with Crippen molar-refractivity contribution in [3.63, 3.8) is 0 Å². The molecule has 0 radical (unpaired) electrons. The maximum atomic E-state index is 12.9. The molecule has 0 fully saturated rings. The van der Waals surface area contributed by atoms with Crippen LogP contribution in [0.25, 0.3) is 0 Å². The fourth-order valence-corrected chi connectivity index (χ4v) is 5.35. The van der Waals surface area contributed by atoms with Gasteiger partial charge in [-0.25, -0.2) is 0 Å². The van der Waals surface area contributed by atoms with E-state index >= 15 is 0 Å². The van der Waals surface area contributed by atoms with E-state index in [0.717, 1.165) is 0 Å². The summed E-state index contributed by atoms with van der Waals surface area (Å²) < 4.78 is 18.4. The zero-order chi connectivity index (χ0) is 25.3. The van der Waals surface area contributed by atoms with Gasteiger partial charge in [0, 0.05) is 0 Å². The minimum Gasteiger partial charge on any atom is -0.519 e. The van der Waals surface area contributed by atoms with Crippen LogP contribution in [0.15, 0.2) is 0 Å². The van der Waals surface area contributed by atoms with E-state index in [4.69, 9.17) is 13.3 Å². The third-order valence-corrected chi connectivity index (χ3v) is 20.6. The van der Waals surface area contributed by atoms with Gasteiger partial charge in [0.25, 0.3) is 28.6 Å². The first-order valence-corrected chi connectivity index (χ1v) is 20.2. The lowest BCUT2D eigenvalue weighted by Crippen LogP contribution is -2.47. The van der Waals surface area contributed by atoms with E-state index in [0.29, 0.717) is 0 Å². The Labute approximate surface area is 195 Å². The molecule has 0 aliphatic heterocycles. The monoisotopic (exact) mass is 490 g/mol. The van der Waals surface area contributed by atoms with Gasteiger partial charge in [-0.2, -0.15) is 0 Å². The summed E-state index contributed by atoms with van der Waals surface area (Å²) in [5, 5.41) is -0.169. The van der Waals surface area contributed by atoms with Crippen LogP contribution in [0.1, 0.15) is 75.2 Å². The Hall–Kier alpha value is -0.449. The third kappa shape index (κ3) is 9.14. The van der Waals surface area contributed by atoms with Crippen molar-refractivity contribution in [3.05, 3.63) is 0 Å². The molecule has 0 N–H and O–H groups in total. The van der Waals surface area contributed by atoms with Crippen molar-refractivity contribution in [1.29, 1.82) is 0 Å². The van der Waals surface area contributed by atoms with Gasteiger partial charge < -0.3 is 13.3 Å². The van der Waals surface area contributed by atoms with E-state index in [2.05, 4.69) is 102 Å². The maximum Gasteiger partial charge on any atom is 0.295 e. The molecule has 0 saturated heterocycles. The van der Waals surface area contributed by atoms with Crippen molar-refractivity contribution < 1.29 is 22.9 Å². The second-order valence-electron chi connectivity index (χ2n) is 13.4. The highest BCUT2D eigenvalue weighted by Crippen LogP contribution is 2.40. The molecule has 0 aromatic heterocycles. The first-order valence-electron chi connectivity index (χ1n) is 11.4. The zero-order valence-electron chi connectivity index (χ0n) is 23.0. The molecule has 0 spiro atoms. The molecule has 0 heterocycles. The van der Waals surface area contributed by atoms with Crippen LogP contribution in [-0.4, -0.2) is 43.0 Å². The van der Waals surface area contributed by atoms with E-state index in [1.165, 1.54) is 0 Å². The van der Waals surface area contributed by atoms with E-state index in [-0.39, 0.29) is 39.9 Å². The average molecular weight is 491 g/mol. The van der Waals surface area contributed by atoms with Crippen LogP contribution >= 0.6 is 0 Å². The summed E-state index contributed by atoms with van der Waals surface area (Å²) in [5.74, 6) is -0.564. The predicted molar refractivity (Wildman–Crippen MR) is 138 cm³/mol. The normalized spacial score (nSPS) is 14.6. The molecule has 0 unspecified atom stereocenters. The lowest BCUT2D eigenvalue weighted by molar-refractivity contribution is -0.140.